The molecule has 28 heavy (non-hydrogen) atoms. The van der Waals surface area contributed by atoms with E-state index in [9.17, 15) is 9.59 Å². The number of nitrogens with zero attached hydrogens (tertiary/aromatic N) is 3. The van der Waals surface area contributed by atoms with Gasteiger partial charge in [-0.1, -0.05) is 37.1 Å². The molecule has 0 fully saturated rings. The van der Waals surface area contributed by atoms with Gasteiger partial charge >= 0.3 is 0 Å². The lowest BCUT2D eigenvalue weighted by molar-refractivity contribution is 0.0790. The second-order valence-corrected chi connectivity index (χ2v) is 7.09. The number of carbonyl (C=O) groups is 2. The molecule has 0 radical (unpaired) electrons. The van der Waals surface area contributed by atoms with Gasteiger partial charge in [-0.15, -0.1) is 0 Å². The van der Waals surface area contributed by atoms with E-state index in [-0.39, 0.29) is 17.4 Å². The Hall–Kier alpha value is -2.86. The second kappa shape index (κ2) is 8.44. The molecule has 6 nitrogen and oxygen atoms in total. The van der Waals surface area contributed by atoms with Gasteiger partial charge in [0.1, 0.15) is 0 Å². The molecule has 0 atom stereocenters. The number of halogens is 1. The summed E-state index contributed by atoms with van der Waals surface area (Å²) in [5, 5.41) is 3.41. The molecule has 0 aliphatic rings. The summed E-state index contributed by atoms with van der Waals surface area (Å²) in [5.74, 6) is -0.445. The van der Waals surface area contributed by atoms with Crippen LogP contribution >= 0.6 is 11.6 Å². The van der Waals surface area contributed by atoms with E-state index in [4.69, 9.17) is 11.6 Å². The van der Waals surface area contributed by atoms with Crippen molar-refractivity contribution in [3.63, 3.8) is 0 Å². The maximum Gasteiger partial charge on any atom is 0.292 e. The SMILES string of the molecule is CCCCN(C)C(=O)c1nc(C(=O)Nc2cccc(Cl)c2C)n2ccccc12. The van der Waals surface area contributed by atoms with Crippen molar-refractivity contribution in [3.8, 4) is 0 Å². The van der Waals surface area contributed by atoms with Gasteiger partial charge in [0.25, 0.3) is 11.8 Å². The predicted octanol–water partition coefficient (Wildman–Crippen LogP) is 4.42. The molecule has 7 heteroatoms. The Balaban J connectivity index is 1.97. The third kappa shape index (κ3) is 3.87. The number of hydrogen-bond donors (Lipinski definition) is 1. The van der Waals surface area contributed by atoms with Crippen molar-refractivity contribution in [3.05, 3.63) is 64.7 Å². The fraction of sp³-hybridized carbons (Fsp3) is 0.286. The lowest BCUT2D eigenvalue weighted by Crippen LogP contribution is -2.28. The molecule has 0 aliphatic heterocycles. The number of benzene rings is 1. The fourth-order valence-corrected chi connectivity index (χ4v) is 3.13. The van der Waals surface area contributed by atoms with Crippen molar-refractivity contribution in [2.24, 2.45) is 0 Å². The summed E-state index contributed by atoms with van der Waals surface area (Å²) >= 11 is 6.14. The van der Waals surface area contributed by atoms with Crippen LogP contribution in [0.15, 0.2) is 42.6 Å². The Labute approximate surface area is 169 Å². The van der Waals surface area contributed by atoms with E-state index in [2.05, 4.69) is 17.2 Å². The third-order valence-electron chi connectivity index (χ3n) is 4.66. The summed E-state index contributed by atoms with van der Waals surface area (Å²) in [5.41, 5.74) is 2.25. The van der Waals surface area contributed by atoms with Crippen LogP contribution in [0.1, 0.15) is 46.4 Å². The molecular weight excluding hydrogens is 376 g/mol. The minimum atomic E-state index is -0.401. The quantitative estimate of drug-likeness (QED) is 0.668. The van der Waals surface area contributed by atoms with Crippen LogP contribution in [0.4, 0.5) is 5.69 Å². The average molecular weight is 399 g/mol. The number of imidazole rings is 1. The number of unbranched alkanes of at least 4 members (excludes halogenated alkanes) is 1. The topological polar surface area (TPSA) is 66.7 Å². The summed E-state index contributed by atoms with van der Waals surface area (Å²) in [6.45, 7) is 4.55. The molecule has 0 spiro atoms. The lowest BCUT2D eigenvalue weighted by Gasteiger charge is -2.15. The number of fused-ring (bicyclic) bond motifs is 1. The zero-order chi connectivity index (χ0) is 20.3. The van der Waals surface area contributed by atoms with Gasteiger partial charge in [0.05, 0.1) is 5.52 Å². The van der Waals surface area contributed by atoms with E-state index >= 15 is 0 Å². The minimum absolute atomic E-state index is 0.155. The Morgan fingerprint density at radius 3 is 2.75 bits per heavy atom. The number of rotatable bonds is 6. The summed E-state index contributed by atoms with van der Waals surface area (Å²) in [7, 11) is 1.75. The number of amides is 2. The van der Waals surface area contributed by atoms with Crippen LogP contribution in [-0.2, 0) is 0 Å². The molecule has 146 valence electrons. The first kappa shape index (κ1) is 19.9. The number of carbonyl (C=O) groups excluding carboxylic acids is 2. The molecular formula is C21H23ClN4O2. The monoisotopic (exact) mass is 398 g/mol. The van der Waals surface area contributed by atoms with Crippen molar-refractivity contribution < 1.29 is 9.59 Å². The van der Waals surface area contributed by atoms with Crippen LogP contribution in [0.5, 0.6) is 0 Å². The van der Waals surface area contributed by atoms with Crippen molar-refractivity contribution in [2.75, 3.05) is 18.9 Å². The van der Waals surface area contributed by atoms with Gasteiger partial charge in [0.15, 0.2) is 5.69 Å². The van der Waals surface area contributed by atoms with Crippen molar-refractivity contribution in [2.45, 2.75) is 26.7 Å². The number of pyridine rings is 1. The second-order valence-electron chi connectivity index (χ2n) is 6.69. The largest absolute Gasteiger partial charge is 0.340 e. The highest BCUT2D eigenvalue weighted by molar-refractivity contribution is 6.31. The normalized spacial score (nSPS) is 10.9. The zero-order valence-electron chi connectivity index (χ0n) is 16.2. The number of hydrogen-bond acceptors (Lipinski definition) is 3. The van der Waals surface area contributed by atoms with Crippen LogP contribution in [0.3, 0.4) is 0 Å². The average Bonchev–Trinajstić information content (AvgIpc) is 3.09. The number of aromatic nitrogens is 2. The van der Waals surface area contributed by atoms with Crippen molar-refractivity contribution in [1.82, 2.24) is 14.3 Å². The first-order valence-electron chi connectivity index (χ1n) is 9.23. The minimum Gasteiger partial charge on any atom is -0.340 e. The standard InChI is InChI=1S/C21H23ClN4O2/c1-4-5-12-25(3)21(28)18-17-11-6-7-13-26(17)19(24-18)20(27)23-16-10-8-9-15(22)14(16)2/h6-11,13H,4-5,12H2,1-3H3,(H,23,27). The molecule has 3 rings (SSSR count). The van der Waals surface area contributed by atoms with E-state index in [0.717, 1.165) is 18.4 Å². The molecule has 0 unspecified atom stereocenters. The molecule has 0 saturated carbocycles. The Bertz CT molecular complexity index is 1030. The van der Waals surface area contributed by atoms with Gasteiger partial charge in [-0.05, 0) is 43.2 Å². The highest BCUT2D eigenvalue weighted by Gasteiger charge is 2.23. The summed E-state index contributed by atoms with van der Waals surface area (Å²) in [6.07, 6.45) is 3.63. The molecule has 0 saturated heterocycles. The summed E-state index contributed by atoms with van der Waals surface area (Å²) in [4.78, 5) is 31.8. The molecule has 0 bridgehead atoms. The zero-order valence-corrected chi connectivity index (χ0v) is 17.0. The Morgan fingerprint density at radius 1 is 1.21 bits per heavy atom. The van der Waals surface area contributed by atoms with Crippen LogP contribution in [0, 0.1) is 6.92 Å². The van der Waals surface area contributed by atoms with Gasteiger partial charge in [0, 0.05) is 30.5 Å². The van der Waals surface area contributed by atoms with Gasteiger partial charge in [-0.3, -0.25) is 14.0 Å². The molecule has 3 aromatic rings. The summed E-state index contributed by atoms with van der Waals surface area (Å²) in [6, 6.07) is 10.7. The highest BCUT2D eigenvalue weighted by atomic mass is 35.5. The molecule has 1 aromatic carbocycles. The molecule has 1 N–H and O–H groups in total. The first-order chi connectivity index (χ1) is 13.4. The van der Waals surface area contributed by atoms with Crippen molar-refractivity contribution in [1.29, 1.82) is 0 Å². The van der Waals surface area contributed by atoms with Crippen LogP contribution in [0.25, 0.3) is 5.52 Å². The number of nitrogens with one attached hydrogen (secondary N) is 1. The first-order valence-corrected chi connectivity index (χ1v) is 9.60. The maximum atomic E-state index is 12.9. The lowest BCUT2D eigenvalue weighted by atomic mass is 10.2. The molecule has 2 amide bonds. The maximum absolute atomic E-state index is 12.9. The van der Waals surface area contributed by atoms with Gasteiger partial charge in [-0.25, -0.2) is 4.98 Å². The van der Waals surface area contributed by atoms with E-state index in [1.807, 2.05) is 13.0 Å². The third-order valence-corrected chi connectivity index (χ3v) is 5.07. The fourth-order valence-electron chi connectivity index (χ4n) is 2.95. The van der Waals surface area contributed by atoms with Crippen LogP contribution in [0.2, 0.25) is 5.02 Å². The Kier molecular flexibility index (Phi) is 5.99. The van der Waals surface area contributed by atoms with Crippen LogP contribution < -0.4 is 5.32 Å². The smallest absolute Gasteiger partial charge is 0.292 e. The van der Waals surface area contributed by atoms with E-state index in [1.165, 1.54) is 0 Å². The van der Waals surface area contributed by atoms with Crippen LogP contribution in [-0.4, -0.2) is 39.7 Å². The molecule has 2 heterocycles. The predicted molar refractivity (Wildman–Crippen MR) is 111 cm³/mol. The highest BCUT2D eigenvalue weighted by Crippen LogP contribution is 2.24. The van der Waals surface area contributed by atoms with Gasteiger partial charge in [-0.2, -0.15) is 0 Å². The van der Waals surface area contributed by atoms with E-state index in [0.29, 0.717) is 22.8 Å². The van der Waals surface area contributed by atoms with Gasteiger partial charge < -0.3 is 10.2 Å². The van der Waals surface area contributed by atoms with Gasteiger partial charge in [0.2, 0.25) is 5.82 Å². The van der Waals surface area contributed by atoms with Crippen molar-refractivity contribution >= 4 is 34.6 Å². The summed E-state index contributed by atoms with van der Waals surface area (Å²) < 4.78 is 1.64. The molecule has 2 aromatic heterocycles. The molecule has 0 aliphatic carbocycles. The van der Waals surface area contributed by atoms with E-state index < -0.39 is 5.91 Å². The number of anilines is 1. The van der Waals surface area contributed by atoms with E-state index in [1.54, 1.807) is 52.9 Å². The Morgan fingerprint density at radius 2 is 2.00 bits per heavy atom.